The van der Waals surface area contributed by atoms with Gasteiger partial charge in [-0.25, -0.2) is 5.48 Å². The number of amides is 1. The molecule has 5 nitrogen and oxygen atoms in total. The number of hydrogen-bond donors (Lipinski definition) is 4. The molecule has 4 N–H and O–H groups in total. The third kappa shape index (κ3) is 4.89. The minimum absolute atomic E-state index is 0. The summed E-state index contributed by atoms with van der Waals surface area (Å²) in [7, 11) is 0. The number of aliphatic hydroxyl groups is 1. The van der Waals surface area contributed by atoms with Gasteiger partial charge in [0, 0.05) is 6.04 Å². The van der Waals surface area contributed by atoms with Crippen LogP contribution in [0.1, 0.15) is 32.9 Å². The van der Waals surface area contributed by atoms with Crippen molar-refractivity contribution in [2.24, 2.45) is 0 Å². The lowest BCUT2D eigenvalue weighted by atomic mass is 10.0. The first-order valence-electron chi connectivity index (χ1n) is 7.56. The monoisotopic (exact) mass is 330 g/mol. The van der Waals surface area contributed by atoms with Crippen LogP contribution in [0.4, 0.5) is 0 Å². The van der Waals surface area contributed by atoms with E-state index in [-0.39, 0.29) is 13.5 Å². The van der Waals surface area contributed by atoms with Crippen LogP contribution >= 0.6 is 0 Å². The Bertz CT molecular complexity index is 627. The average molecular weight is 330 g/mol. The third-order valence-corrected chi connectivity index (χ3v) is 3.82. The van der Waals surface area contributed by atoms with E-state index in [1.165, 1.54) is 6.92 Å². The molecule has 2 rings (SSSR count). The van der Waals surface area contributed by atoms with Gasteiger partial charge in [0.2, 0.25) is 0 Å². The molecule has 130 valence electrons. The predicted molar refractivity (Wildman–Crippen MR) is 95.6 cm³/mol. The lowest BCUT2D eigenvalue weighted by Crippen LogP contribution is -2.50. The van der Waals surface area contributed by atoms with E-state index in [4.69, 9.17) is 5.21 Å². The van der Waals surface area contributed by atoms with E-state index in [1.54, 1.807) is 5.48 Å². The topological polar surface area (TPSA) is 81.6 Å². The van der Waals surface area contributed by atoms with Crippen molar-refractivity contribution in [3.63, 3.8) is 0 Å². The Morgan fingerprint density at radius 1 is 0.958 bits per heavy atom. The number of rotatable bonds is 6. The first-order chi connectivity index (χ1) is 11.0. The highest BCUT2D eigenvalue weighted by molar-refractivity contribution is 5.81. The molecule has 0 aliphatic carbocycles. The van der Waals surface area contributed by atoms with Crippen LogP contribution in [0.25, 0.3) is 11.1 Å². The minimum Gasteiger partial charge on any atom is -0.391 e. The van der Waals surface area contributed by atoms with Crippen molar-refractivity contribution in [2.45, 2.75) is 39.5 Å². The Labute approximate surface area is 143 Å². The maximum atomic E-state index is 11.6. The van der Waals surface area contributed by atoms with Crippen LogP contribution in [0.2, 0.25) is 0 Å². The molecule has 0 fully saturated rings. The third-order valence-electron chi connectivity index (χ3n) is 3.82. The lowest BCUT2D eigenvalue weighted by Gasteiger charge is -2.24. The maximum Gasteiger partial charge on any atom is 0.263 e. The Balaban J connectivity index is 0.00000288. The highest BCUT2D eigenvalue weighted by atomic mass is 16.5. The summed E-state index contributed by atoms with van der Waals surface area (Å²) in [6.07, 6.45) is -0.923. The van der Waals surface area contributed by atoms with Gasteiger partial charge in [0.25, 0.3) is 5.91 Å². The smallest absolute Gasteiger partial charge is 0.263 e. The van der Waals surface area contributed by atoms with Crippen molar-refractivity contribution >= 4 is 5.91 Å². The molecule has 2 aromatic rings. The molecule has 2 aromatic carbocycles. The van der Waals surface area contributed by atoms with Crippen LogP contribution in [-0.4, -0.2) is 28.4 Å². The molecule has 0 radical (unpaired) electrons. The maximum absolute atomic E-state index is 11.6. The van der Waals surface area contributed by atoms with E-state index < -0.39 is 18.1 Å². The van der Waals surface area contributed by atoms with Crippen molar-refractivity contribution in [3.8, 4) is 11.1 Å². The van der Waals surface area contributed by atoms with Gasteiger partial charge in [-0.05, 0) is 30.5 Å². The number of hydrogen-bond acceptors (Lipinski definition) is 4. The molecule has 1 unspecified atom stereocenters. The van der Waals surface area contributed by atoms with E-state index in [9.17, 15) is 9.90 Å². The van der Waals surface area contributed by atoms with E-state index in [0.29, 0.717) is 0 Å². The Morgan fingerprint density at radius 2 is 1.50 bits per heavy atom. The van der Waals surface area contributed by atoms with Crippen LogP contribution < -0.4 is 10.8 Å². The zero-order chi connectivity index (χ0) is 16.8. The van der Waals surface area contributed by atoms with Crippen molar-refractivity contribution < 1.29 is 15.1 Å². The Hall–Kier alpha value is -2.21. The van der Waals surface area contributed by atoms with Crippen LogP contribution in [0.5, 0.6) is 0 Å². The average Bonchev–Trinajstić information content (AvgIpc) is 2.59. The molecule has 5 heteroatoms. The molecular formula is C19H26N2O3. The number of nitrogens with one attached hydrogen (secondary N) is 2. The second-order valence-electron chi connectivity index (χ2n) is 5.57. The van der Waals surface area contributed by atoms with Gasteiger partial charge >= 0.3 is 0 Å². The summed E-state index contributed by atoms with van der Waals surface area (Å²) < 4.78 is 0. The predicted octanol–water partition coefficient (Wildman–Crippen LogP) is 2.90. The van der Waals surface area contributed by atoms with Gasteiger partial charge in [-0.2, -0.15) is 0 Å². The van der Waals surface area contributed by atoms with Crippen molar-refractivity contribution in [2.75, 3.05) is 0 Å². The first kappa shape index (κ1) is 19.8. The summed E-state index contributed by atoms with van der Waals surface area (Å²) in [5.74, 6) is -0.659. The molecule has 24 heavy (non-hydrogen) atoms. The summed E-state index contributed by atoms with van der Waals surface area (Å²) in [6, 6.07) is 17.0. The van der Waals surface area contributed by atoms with Gasteiger partial charge < -0.3 is 5.11 Å². The summed E-state index contributed by atoms with van der Waals surface area (Å²) in [6.45, 7) is 3.40. The van der Waals surface area contributed by atoms with Gasteiger partial charge in [-0.3, -0.25) is 15.3 Å². The van der Waals surface area contributed by atoms with Gasteiger partial charge in [0.15, 0.2) is 0 Å². The van der Waals surface area contributed by atoms with Crippen molar-refractivity contribution in [1.29, 1.82) is 0 Å². The van der Waals surface area contributed by atoms with Crippen LogP contribution in [0.3, 0.4) is 0 Å². The summed E-state index contributed by atoms with van der Waals surface area (Å²) in [5.41, 5.74) is 4.81. The second-order valence-corrected chi connectivity index (χ2v) is 5.57. The molecule has 0 bridgehead atoms. The molecule has 0 saturated carbocycles. The molecule has 0 saturated heterocycles. The van der Waals surface area contributed by atoms with Crippen molar-refractivity contribution in [1.82, 2.24) is 10.8 Å². The van der Waals surface area contributed by atoms with Gasteiger partial charge in [-0.1, -0.05) is 62.0 Å². The zero-order valence-electron chi connectivity index (χ0n) is 13.2. The van der Waals surface area contributed by atoms with Crippen LogP contribution in [0, 0.1) is 0 Å². The number of carbonyl (C=O) groups is 1. The molecule has 0 aromatic heterocycles. The molecule has 1 amide bonds. The normalized spacial score (nSPS) is 14.2. The van der Waals surface area contributed by atoms with E-state index >= 15 is 0 Å². The number of hydroxylamine groups is 1. The molecular weight excluding hydrogens is 304 g/mol. The lowest BCUT2D eigenvalue weighted by molar-refractivity contribution is -0.134. The first-order valence-corrected chi connectivity index (χ1v) is 7.56. The molecule has 0 aliphatic rings. The van der Waals surface area contributed by atoms with E-state index in [1.807, 2.05) is 61.5 Å². The van der Waals surface area contributed by atoms with E-state index in [2.05, 4.69) is 5.32 Å². The largest absolute Gasteiger partial charge is 0.391 e. The highest BCUT2D eigenvalue weighted by Crippen LogP contribution is 2.22. The fourth-order valence-electron chi connectivity index (χ4n) is 2.46. The number of aliphatic hydroxyl groups excluding tert-OH is 1. The minimum atomic E-state index is -0.923. The molecule has 3 atom stereocenters. The Kier molecular flexibility index (Phi) is 7.58. The fraction of sp³-hybridized carbons (Fsp3) is 0.316. The summed E-state index contributed by atoms with van der Waals surface area (Å²) in [5, 5.41) is 21.4. The van der Waals surface area contributed by atoms with Crippen molar-refractivity contribution in [3.05, 3.63) is 60.2 Å². The number of carbonyl (C=O) groups excluding carboxylic acids is 1. The molecule has 0 spiro atoms. The van der Waals surface area contributed by atoms with Crippen LogP contribution in [-0.2, 0) is 4.79 Å². The standard InChI is InChI=1S/C18H22N2O3.CH4/c1-12(19-17(13(2)21)18(22)20-23)14-8-10-16(11-9-14)15-6-4-3-5-7-15;/h3-13,17,19,21,23H,1-2H3,(H,20,22);1H4/t12?,13-,17+;/m1./s1. The quantitative estimate of drug-likeness (QED) is 0.485. The Morgan fingerprint density at radius 3 is 2.00 bits per heavy atom. The van der Waals surface area contributed by atoms with Gasteiger partial charge in [0.05, 0.1) is 6.10 Å². The number of benzene rings is 2. The van der Waals surface area contributed by atoms with Gasteiger partial charge in [0.1, 0.15) is 6.04 Å². The molecule has 0 aliphatic heterocycles. The zero-order valence-corrected chi connectivity index (χ0v) is 13.2. The molecule has 0 heterocycles. The summed E-state index contributed by atoms with van der Waals surface area (Å²) in [4.78, 5) is 11.6. The van der Waals surface area contributed by atoms with Crippen LogP contribution in [0.15, 0.2) is 54.6 Å². The highest BCUT2D eigenvalue weighted by Gasteiger charge is 2.25. The summed E-state index contributed by atoms with van der Waals surface area (Å²) >= 11 is 0. The van der Waals surface area contributed by atoms with Gasteiger partial charge in [-0.15, -0.1) is 0 Å². The van der Waals surface area contributed by atoms with E-state index in [0.717, 1.165) is 16.7 Å². The SMILES string of the molecule is C.CC(N[C@H](C(=O)NO)[C@@H](C)O)c1ccc(-c2ccccc2)cc1. The fourth-order valence-corrected chi connectivity index (χ4v) is 2.46. The second kappa shape index (κ2) is 9.17.